The second-order valence-corrected chi connectivity index (χ2v) is 3.58. The van der Waals surface area contributed by atoms with Crippen LogP contribution in [0.3, 0.4) is 0 Å². The van der Waals surface area contributed by atoms with E-state index in [2.05, 4.69) is 17.9 Å². The van der Waals surface area contributed by atoms with Crippen LogP contribution in [0.2, 0.25) is 0 Å². The molecular formula is C9H16N2. The molecule has 0 bridgehead atoms. The van der Waals surface area contributed by atoms with E-state index in [0.717, 1.165) is 19.6 Å². The summed E-state index contributed by atoms with van der Waals surface area (Å²) in [6, 6.07) is 0. The minimum absolute atomic E-state index is 0.422. The molecule has 1 saturated carbocycles. The van der Waals surface area contributed by atoms with Gasteiger partial charge in [-0.15, -0.1) is 6.42 Å². The Hall–Kier alpha value is -0.520. The van der Waals surface area contributed by atoms with Crippen LogP contribution in [0.5, 0.6) is 0 Å². The Morgan fingerprint density at radius 2 is 2.27 bits per heavy atom. The summed E-state index contributed by atoms with van der Waals surface area (Å²) >= 11 is 0. The molecule has 0 atom stereocenters. The third kappa shape index (κ3) is 2.21. The Kier molecular flexibility index (Phi) is 2.53. The SMILES string of the molecule is C#CCN(C)CC1(CN)CC1. The minimum Gasteiger partial charge on any atom is -0.330 e. The summed E-state index contributed by atoms with van der Waals surface area (Å²) in [7, 11) is 2.05. The van der Waals surface area contributed by atoms with E-state index in [9.17, 15) is 0 Å². The molecule has 0 aromatic rings. The van der Waals surface area contributed by atoms with Crippen LogP contribution in [-0.4, -0.2) is 31.6 Å². The highest BCUT2D eigenvalue weighted by molar-refractivity contribution is 4.97. The van der Waals surface area contributed by atoms with Crippen molar-refractivity contribution < 1.29 is 0 Å². The lowest BCUT2D eigenvalue weighted by Crippen LogP contribution is -2.31. The standard InChI is InChI=1S/C9H16N2/c1-3-6-11(2)8-9(7-10)4-5-9/h1H,4-8,10H2,2H3. The summed E-state index contributed by atoms with van der Waals surface area (Å²) in [6.07, 6.45) is 7.74. The highest BCUT2D eigenvalue weighted by Crippen LogP contribution is 2.44. The Balaban J connectivity index is 2.25. The van der Waals surface area contributed by atoms with Gasteiger partial charge in [0.1, 0.15) is 0 Å². The van der Waals surface area contributed by atoms with Crippen LogP contribution in [0.15, 0.2) is 0 Å². The maximum Gasteiger partial charge on any atom is 0.0596 e. The monoisotopic (exact) mass is 152 g/mol. The first-order valence-electron chi connectivity index (χ1n) is 4.04. The van der Waals surface area contributed by atoms with E-state index in [4.69, 9.17) is 12.2 Å². The minimum atomic E-state index is 0.422. The van der Waals surface area contributed by atoms with Gasteiger partial charge in [0.15, 0.2) is 0 Å². The molecule has 0 unspecified atom stereocenters. The van der Waals surface area contributed by atoms with E-state index in [0.29, 0.717) is 5.41 Å². The van der Waals surface area contributed by atoms with E-state index in [1.54, 1.807) is 0 Å². The van der Waals surface area contributed by atoms with Gasteiger partial charge in [-0.1, -0.05) is 5.92 Å². The predicted molar refractivity (Wildman–Crippen MR) is 47.1 cm³/mol. The molecule has 2 N–H and O–H groups in total. The molecule has 0 aromatic heterocycles. The van der Waals surface area contributed by atoms with Gasteiger partial charge >= 0.3 is 0 Å². The fraction of sp³-hybridized carbons (Fsp3) is 0.778. The van der Waals surface area contributed by atoms with Crippen LogP contribution < -0.4 is 5.73 Å². The molecule has 0 aliphatic heterocycles. The van der Waals surface area contributed by atoms with Gasteiger partial charge in [0, 0.05) is 6.54 Å². The third-order valence-electron chi connectivity index (χ3n) is 2.36. The largest absolute Gasteiger partial charge is 0.330 e. The predicted octanol–water partition coefficient (Wildman–Crippen LogP) is 0.290. The molecule has 62 valence electrons. The van der Waals surface area contributed by atoms with E-state index < -0.39 is 0 Å². The van der Waals surface area contributed by atoms with Gasteiger partial charge in [-0.2, -0.15) is 0 Å². The number of nitrogens with zero attached hydrogens (tertiary/aromatic N) is 1. The topological polar surface area (TPSA) is 29.3 Å². The van der Waals surface area contributed by atoms with Crippen LogP contribution in [0.4, 0.5) is 0 Å². The van der Waals surface area contributed by atoms with Crippen LogP contribution in [0.1, 0.15) is 12.8 Å². The fourth-order valence-corrected chi connectivity index (χ4v) is 1.39. The van der Waals surface area contributed by atoms with Crippen LogP contribution in [0.25, 0.3) is 0 Å². The van der Waals surface area contributed by atoms with E-state index in [1.807, 2.05) is 0 Å². The first-order chi connectivity index (χ1) is 5.22. The average Bonchev–Trinajstić information content (AvgIpc) is 2.70. The molecular weight excluding hydrogens is 136 g/mol. The molecule has 2 heteroatoms. The van der Waals surface area contributed by atoms with Crippen LogP contribution >= 0.6 is 0 Å². The molecule has 11 heavy (non-hydrogen) atoms. The lowest BCUT2D eigenvalue weighted by atomic mass is 10.1. The van der Waals surface area contributed by atoms with Gasteiger partial charge in [0.05, 0.1) is 6.54 Å². The van der Waals surface area contributed by atoms with Crippen LogP contribution in [0, 0.1) is 17.8 Å². The number of hydrogen-bond acceptors (Lipinski definition) is 2. The van der Waals surface area contributed by atoms with Crippen molar-refractivity contribution in [3.63, 3.8) is 0 Å². The van der Waals surface area contributed by atoms with Crippen molar-refractivity contribution in [2.45, 2.75) is 12.8 Å². The maximum atomic E-state index is 5.63. The van der Waals surface area contributed by atoms with Crippen molar-refractivity contribution in [3.8, 4) is 12.3 Å². The number of nitrogens with two attached hydrogens (primary N) is 1. The maximum absolute atomic E-state index is 5.63. The fourth-order valence-electron chi connectivity index (χ4n) is 1.39. The molecule has 0 saturated heterocycles. The Morgan fingerprint density at radius 1 is 1.64 bits per heavy atom. The number of rotatable bonds is 4. The van der Waals surface area contributed by atoms with Gasteiger partial charge in [0.2, 0.25) is 0 Å². The van der Waals surface area contributed by atoms with E-state index >= 15 is 0 Å². The number of terminal acetylenes is 1. The average molecular weight is 152 g/mol. The van der Waals surface area contributed by atoms with E-state index in [1.165, 1.54) is 12.8 Å². The van der Waals surface area contributed by atoms with Crippen molar-refractivity contribution in [2.24, 2.45) is 11.1 Å². The third-order valence-corrected chi connectivity index (χ3v) is 2.36. The van der Waals surface area contributed by atoms with Gasteiger partial charge < -0.3 is 5.73 Å². The molecule has 0 amide bonds. The van der Waals surface area contributed by atoms with Crippen molar-refractivity contribution in [1.82, 2.24) is 4.90 Å². The molecule has 0 aromatic carbocycles. The van der Waals surface area contributed by atoms with Gasteiger partial charge in [0.25, 0.3) is 0 Å². The second kappa shape index (κ2) is 3.25. The zero-order chi connectivity index (χ0) is 8.32. The number of hydrogen-bond donors (Lipinski definition) is 1. The lowest BCUT2D eigenvalue weighted by Gasteiger charge is -2.19. The smallest absolute Gasteiger partial charge is 0.0596 e. The quantitative estimate of drug-likeness (QED) is 0.587. The zero-order valence-electron chi connectivity index (χ0n) is 7.14. The molecule has 0 spiro atoms. The molecule has 0 heterocycles. The highest BCUT2D eigenvalue weighted by atomic mass is 15.1. The normalized spacial score (nSPS) is 19.8. The molecule has 2 nitrogen and oxygen atoms in total. The molecule has 1 fully saturated rings. The van der Waals surface area contributed by atoms with Gasteiger partial charge in [-0.3, -0.25) is 4.90 Å². The summed E-state index contributed by atoms with van der Waals surface area (Å²) in [5.41, 5.74) is 6.06. The first-order valence-corrected chi connectivity index (χ1v) is 4.04. The van der Waals surface area contributed by atoms with E-state index in [-0.39, 0.29) is 0 Å². The van der Waals surface area contributed by atoms with Crippen LogP contribution in [-0.2, 0) is 0 Å². The summed E-state index contributed by atoms with van der Waals surface area (Å²) in [6.45, 7) is 2.61. The van der Waals surface area contributed by atoms with Crippen molar-refractivity contribution >= 4 is 0 Å². The first kappa shape index (κ1) is 8.58. The summed E-state index contributed by atoms with van der Waals surface area (Å²) in [4.78, 5) is 2.17. The molecule has 1 aliphatic carbocycles. The summed E-state index contributed by atoms with van der Waals surface area (Å²) in [5, 5.41) is 0. The Morgan fingerprint density at radius 3 is 2.64 bits per heavy atom. The lowest BCUT2D eigenvalue weighted by molar-refractivity contribution is 0.293. The zero-order valence-corrected chi connectivity index (χ0v) is 7.14. The highest BCUT2D eigenvalue weighted by Gasteiger charge is 2.41. The molecule has 1 aliphatic rings. The van der Waals surface area contributed by atoms with Crippen molar-refractivity contribution in [2.75, 3.05) is 26.7 Å². The molecule has 0 radical (unpaired) electrons. The second-order valence-electron chi connectivity index (χ2n) is 3.58. The van der Waals surface area contributed by atoms with Gasteiger partial charge in [-0.25, -0.2) is 0 Å². The summed E-state index contributed by atoms with van der Waals surface area (Å²) < 4.78 is 0. The van der Waals surface area contributed by atoms with Crippen molar-refractivity contribution in [1.29, 1.82) is 0 Å². The van der Waals surface area contributed by atoms with Gasteiger partial charge in [-0.05, 0) is 31.8 Å². The Bertz CT molecular complexity index is 165. The Labute approximate surface area is 68.8 Å². The summed E-state index contributed by atoms with van der Waals surface area (Å²) in [5.74, 6) is 2.63. The van der Waals surface area contributed by atoms with Crippen molar-refractivity contribution in [3.05, 3.63) is 0 Å². The molecule has 1 rings (SSSR count).